The van der Waals surface area contributed by atoms with Gasteiger partial charge in [-0.25, -0.2) is 0 Å². The molecule has 5 rings (SSSR count). The average molecular weight is 301 g/mol. The lowest BCUT2D eigenvalue weighted by molar-refractivity contribution is 1.48. The van der Waals surface area contributed by atoms with E-state index in [1.807, 2.05) is 0 Å². The van der Waals surface area contributed by atoms with Crippen LogP contribution < -0.4 is 0 Å². The molecule has 5 aromatic carbocycles. The van der Waals surface area contributed by atoms with Crippen LogP contribution >= 0.6 is 11.6 Å². The molecular weight excluding hydrogens is 288 g/mol. The van der Waals surface area contributed by atoms with Gasteiger partial charge in [-0.1, -0.05) is 54.6 Å². The number of benzene rings is 5. The first-order valence-corrected chi connectivity index (χ1v) is 8.04. The van der Waals surface area contributed by atoms with E-state index >= 15 is 0 Å². The topological polar surface area (TPSA) is 0 Å². The summed E-state index contributed by atoms with van der Waals surface area (Å²) in [5, 5.41) is 10.5. The van der Waals surface area contributed by atoms with Crippen molar-refractivity contribution < 1.29 is 0 Å². The maximum atomic E-state index is 6.30. The first-order chi connectivity index (χ1) is 10.9. The number of hydrogen-bond acceptors (Lipinski definition) is 0. The molecule has 22 heavy (non-hydrogen) atoms. The van der Waals surface area contributed by atoms with Gasteiger partial charge in [-0.2, -0.15) is 0 Å². The Morgan fingerprint density at radius 1 is 0.591 bits per heavy atom. The number of halogens is 1. The Kier molecular flexibility index (Phi) is 2.42. The normalized spacial score (nSPS) is 12.0. The molecule has 5 aromatic rings. The molecule has 0 unspecified atom stereocenters. The smallest absolute Gasteiger partial charge is 0.0480 e. The van der Waals surface area contributed by atoms with Crippen molar-refractivity contribution in [1.82, 2.24) is 0 Å². The fourth-order valence-corrected chi connectivity index (χ4v) is 4.00. The van der Waals surface area contributed by atoms with Crippen molar-refractivity contribution >= 4 is 54.7 Å². The van der Waals surface area contributed by atoms with Crippen LogP contribution in [-0.2, 0) is 5.88 Å². The van der Waals surface area contributed by atoms with E-state index in [9.17, 15) is 0 Å². The molecule has 0 saturated carbocycles. The zero-order chi connectivity index (χ0) is 14.7. The van der Waals surface area contributed by atoms with Crippen molar-refractivity contribution in [3.05, 3.63) is 72.3 Å². The van der Waals surface area contributed by atoms with Gasteiger partial charge < -0.3 is 0 Å². The predicted molar refractivity (Wildman–Crippen MR) is 97.2 cm³/mol. The lowest BCUT2D eigenvalue weighted by atomic mass is 9.88. The molecule has 0 spiro atoms. The maximum absolute atomic E-state index is 6.30. The lowest BCUT2D eigenvalue weighted by Crippen LogP contribution is -1.90. The summed E-state index contributed by atoms with van der Waals surface area (Å²) >= 11 is 6.30. The third-order valence-corrected chi connectivity index (χ3v) is 4.98. The third-order valence-electron chi connectivity index (χ3n) is 4.70. The molecule has 1 heteroatoms. The van der Waals surface area contributed by atoms with Gasteiger partial charge in [-0.15, -0.1) is 11.6 Å². The van der Waals surface area contributed by atoms with Gasteiger partial charge in [0.05, 0.1) is 0 Å². The summed E-state index contributed by atoms with van der Waals surface area (Å²) in [7, 11) is 0. The van der Waals surface area contributed by atoms with Gasteiger partial charge in [-0.05, 0) is 60.8 Å². The molecule has 0 N–H and O–H groups in total. The molecule has 0 bridgehead atoms. The van der Waals surface area contributed by atoms with E-state index < -0.39 is 0 Å². The van der Waals surface area contributed by atoms with E-state index in [1.54, 1.807) is 0 Å². The average Bonchev–Trinajstić information content (AvgIpc) is 2.58. The molecule has 0 nitrogen and oxygen atoms in total. The Morgan fingerprint density at radius 2 is 1.32 bits per heavy atom. The predicted octanol–water partition coefficient (Wildman–Crippen LogP) is 6.48. The second-order valence-corrected chi connectivity index (χ2v) is 6.15. The van der Waals surface area contributed by atoms with Gasteiger partial charge in [0, 0.05) is 5.88 Å². The van der Waals surface area contributed by atoms with Gasteiger partial charge in [0.2, 0.25) is 0 Å². The molecule has 0 saturated heterocycles. The highest BCUT2D eigenvalue weighted by atomic mass is 35.5. The Morgan fingerprint density at radius 3 is 2.23 bits per heavy atom. The number of alkyl halides is 1. The Bertz CT molecular complexity index is 1150. The molecule has 0 amide bonds. The van der Waals surface area contributed by atoms with E-state index in [0.29, 0.717) is 5.88 Å². The fraction of sp³-hybridized carbons (Fsp3) is 0.0476. The highest BCUT2D eigenvalue weighted by Gasteiger charge is 2.14. The first kappa shape index (κ1) is 12.3. The summed E-state index contributed by atoms with van der Waals surface area (Å²) in [5.41, 5.74) is 1.22. The highest BCUT2D eigenvalue weighted by Crippen LogP contribution is 2.40. The summed E-state index contributed by atoms with van der Waals surface area (Å²) in [6.45, 7) is 0. The van der Waals surface area contributed by atoms with Gasteiger partial charge in [0.1, 0.15) is 0 Å². The maximum Gasteiger partial charge on any atom is 0.0480 e. The number of rotatable bonds is 1. The minimum atomic E-state index is 0.536. The number of hydrogen-bond donors (Lipinski definition) is 0. The summed E-state index contributed by atoms with van der Waals surface area (Å²) in [5.74, 6) is 0.536. The molecule has 0 fully saturated rings. The molecule has 0 atom stereocenters. The molecule has 0 aromatic heterocycles. The van der Waals surface area contributed by atoms with Crippen LogP contribution in [0.4, 0.5) is 0 Å². The van der Waals surface area contributed by atoms with E-state index in [0.717, 1.165) is 0 Å². The van der Waals surface area contributed by atoms with Crippen molar-refractivity contribution in [3.8, 4) is 0 Å². The van der Waals surface area contributed by atoms with E-state index in [2.05, 4.69) is 66.7 Å². The van der Waals surface area contributed by atoms with Crippen molar-refractivity contribution in [2.75, 3.05) is 0 Å². The fourth-order valence-electron chi connectivity index (χ4n) is 3.79. The van der Waals surface area contributed by atoms with Gasteiger partial charge in [0.25, 0.3) is 0 Å². The van der Waals surface area contributed by atoms with Crippen molar-refractivity contribution in [3.63, 3.8) is 0 Å². The highest BCUT2D eigenvalue weighted by molar-refractivity contribution is 6.31. The van der Waals surface area contributed by atoms with Crippen LogP contribution in [0.25, 0.3) is 43.1 Å². The summed E-state index contributed by atoms with van der Waals surface area (Å²) in [6.07, 6.45) is 0. The largest absolute Gasteiger partial charge is 0.122 e. The third kappa shape index (κ3) is 1.48. The van der Waals surface area contributed by atoms with Crippen molar-refractivity contribution in [1.29, 1.82) is 0 Å². The van der Waals surface area contributed by atoms with Crippen LogP contribution in [0.15, 0.2) is 66.7 Å². The second kappa shape index (κ2) is 4.34. The van der Waals surface area contributed by atoms with Crippen LogP contribution in [-0.4, -0.2) is 0 Å². The standard InChI is InChI=1S/C21H13Cl/c22-12-17-11-15-6-3-5-13-8-9-16-10-14-4-1-2-7-18(14)20(17)21(16)19(13)15/h1-11H,12H2. The van der Waals surface area contributed by atoms with Gasteiger partial charge in [-0.3, -0.25) is 0 Å². The Hall–Kier alpha value is -2.31. The van der Waals surface area contributed by atoms with E-state index in [-0.39, 0.29) is 0 Å². The Labute approximate surface area is 133 Å². The summed E-state index contributed by atoms with van der Waals surface area (Å²) < 4.78 is 0. The second-order valence-electron chi connectivity index (χ2n) is 5.88. The first-order valence-electron chi connectivity index (χ1n) is 7.51. The minimum absolute atomic E-state index is 0.536. The summed E-state index contributed by atoms with van der Waals surface area (Å²) in [4.78, 5) is 0. The van der Waals surface area contributed by atoms with Crippen LogP contribution in [0.3, 0.4) is 0 Å². The number of fused-ring (bicyclic) bond motifs is 2. The van der Waals surface area contributed by atoms with Crippen LogP contribution in [0.5, 0.6) is 0 Å². The molecule has 0 heterocycles. The van der Waals surface area contributed by atoms with Gasteiger partial charge >= 0.3 is 0 Å². The van der Waals surface area contributed by atoms with Gasteiger partial charge in [0.15, 0.2) is 0 Å². The Balaban J connectivity index is 2.23. The molecule has 0 aliphatic carbocycles. The molecule has 0 aliphatic heterocycles. The minimum Gasteiger partial charge on any atom is -0.122 e. The molecule has 0 aliphatic rings. The van der Waals surface area contributed by atoms with E-state index in [1.165, 1.54) is 48.7 Å². The van der Waals surface area contributed by atoms with Crippen LogP contribution in [0.1, 0.15) is 5.56 Å². The van der Waals surface area contributed by atoms with Crippen LogP contribution in [0.2, 0.25) is 0 Å². The van der Waals surface area contributed by atoms with Crippen LogP contribution in [0, 0.1) is 0 Å². The van der Waals surface area contributed by atoms with Crippen molar-refractivity contribution in [2.24, 2.45) is 0 Å². The molecule has 0 radical (unpaired) electrons. The summed E-state index contributed by atoms with van der Waals surface area (Å²) in [6, 6.07) is 24.1. The quantitative estimate of drug-likeness (QED) is 0.189. The SMILES string of the molecule is ClCc1cc2cccc3ccc4cc5ccccc5c1c4c32. The lowest BCUT2D eigenvalue weighted by Gasteiger charge is -2.16. The zero-order valence-electron chi connectivity index (χ0n) is 11.9. The molecule has 104 valence electrons. The molecular formula is C21H13Cl. The monoisotopic (exact) mass is 300 g/mol. The van der Waals surface area contributed by atoms with E-state index in [4.69, 9.17) is 11.6 Å². The van der Waals surface area contributed by atoms with Crippen molar-refractivity contribution in [2.45, 2.75) is 5.88 Å². The zero-order valence-corrected chi connectivity index (χ0v) is 12.7.